The van der Waals surface area contributed by atoms with Gasteiger partial charge in [0.05, 0.1) is 17.5 Å². The van der Waals surface area contributed by atoms with Crippen LogP contribution in [-0.4, -0.2) is 22.7 Å². The lowest BCUT2D eigenvalue weighted by Gasteiger charge is -2.18. The predicted molar refractivity (Wildman–Crippen MR) is 113 cm³/mol. The smallest absolute Gasteiger partial charge is 0.309 e. The summed E-state index contributed by atoms with van der Waals surface area (Å²) < 4.78 is 5.93. The van der Waals surface area contributed by atoms with E-state index in [1.54, 1.807) is 13.8 Å². The van der Waals surface area contributed by atoms with E-state index < -0.39 is 11.4 Å². The van der Waals surface area contributed by atoms with Gasteiger partial charge in [-0.3, -0.25) is 4.79 Å². The van der Waals surface area contributed by atoms with Gasteiger partial charge in [-0.05, 0) is 62.8 Å². The average Bonchev–Trinajstić information content (AvgIpc) is 2.67. The Labute approximate surface area is 166 Å². The summed E-state index contributed by atoms with van der Waals surface area (Å²) in [6.45, 7) is 6.10. The average molecular weight is 377 g/mol. The number of aromatic nitrogens is 1. The van der Waals surface area contributed by atoms with Crippen LogP contribution in [0.15, 0.2) is 54.6 Å². The molecule has 1 aromatic heterocycles. The molecule has 0 spiro atoms. The maximum Gasteiger partial charge on any atom is 0.309 e. The number of hydrogen-bond acceptors (Lipinski definition) is 3. The molecule has 3 rings (SSSR count). The summed E-state index contributed by atoms with van der Waals surface area (Å²) in [6, 6.07) is 18.5. The molecule has 0 saturated heterocycles. The van der Waals surface area contributed by atoms with Gasteiger partial charge in [-0.2, -0.15) is 0 Å². The summed E-state index contributed by atoms with van der Waals surface area (Å²) in [5, 5.41) is 10.3. The Morgan fingerprint density at radius 3 is 2.54 bits per heavy atom. The number of carbonyl (C=O) groups is 1. The van der Waals surface area contributed by atoms with E-state index in [-0.39, 0.29) is 0 Å². The van der Waals surface area contributed by atoms with Crippen LogP contribution in [0.3, 0.4) is 0 Å². The quantitative estimate of drug-likeness (QED) is 0.499. The molecule has 28 heavy (non-hydrogen) atoms. The van der Waals surface area contributed by atoms with Crippen molar-refractivity contribution in [1.29, 1.82) is 0 Å². The van der Waals surface area contributed by atoms with E-state index in [2.05, 4.69) is 42.2 Å². The molecule has 0 amide bonds. The van der Waals surface area contributed by atoms with Gasteiger partial charge in [0.1, 0.15) is 0 Å². The lowest BCUT2D eigenvalue weighted by atomic mass is 9.87. The molecule has 1 N–H and O–H groups in total. The lowest BCUT2D eigenvalue weighted by molar-refractivity contribution is -0.147. The molecule has 0 saturated carbocycles. The summed E-state index contributed by atoms with van der Waals surface area (Å²) in [4.78, 5) is 15.9. The van der Waals surface area contributed by atoms with Gasteiger partial charge in [0, 0.05) is 11.5 Å². The van der Waals surface area contributed by atoms with Crippen molar-refractivity contribution in [3.05, 3.63) is 60.2 Å². The van der Waals surface area contributed by atoms with Crippen LogP contribution in [0.25, 0.3) is 22.0 Å². The molecule has 2 aromatic carbocycles. The van der Waals surface area contributed by atoms with Crippen LogP contribution in [0.1, 0.15) is 38.7 Å². The van der Waals surface area contributed by atoms with Crippen LogP contribution >= 0.6 is 0 Å². The summed E-state index contributed by atoms with van der Waals surface area (Å²) in [7, 11) is 0. The van der Waals surface area contributed by atoms with Crippen LogP contribution in [0.2, 0.25) is 0 Å². The minimum atomic E-state index is -0.757. The molecule has 0 unspecified atom stereocenters. The van der Waals surface area contributed by atoms with Crippen molar-refractivity contribution in [3.8, 4) is 17.0 Å². The van der Waals surface area contributed by atoms with Crippen molar-refractivity contribution in [2.45, 2.75) is 40.0 Å². The minimum Gasteiger partial charge on any atom is -0.481 e. The molecule has 146 valence electrons. The normalized spacial score (nSPS) is 11.5. The number of aliphatic carboxylic acids is 1. The second-order valence-electron chi connectivity index (χ2n) is 7.89. The maximum absolute atomic E-state index is 11.2. The van der Waals surface area contributed by atoms with Crippen molar-refractivity contribution in [2.75, 3.05) is 6.61 Å². The molecule has 4 nitrogen and oxygen atoms in total. The fourth-order valence-corrected chi connectivity index (χ4v) is 3.20. The molecule has 4 heteroatoms. The maximum atomic E-state index is 11.2. The number of aryl methyl sites for hydroxylation is 1. The van der Waals surface area contributed by atoms with E-state index in [0.717, 1.165) is 40.4 Å². The third-order valence-corrected chi connectivity index (χ3v) is 5.05. The zero-order valence-electron chi connectivity index (χ0n) is 16.7. The number of unbranched alkanes of at least 4 members (excludes halogenated alkanes) is 1. The van der Waals surface area contributed by atoms with E-state index in [1.165, 1.54) is 0 Å². The monoisotopic (exact) mass is 377 g/mol. The summed E-state index contributed by atoms with van der Waals surface area (Å²) in [5.41, 5.74) is 3.62. The van der Waals surface area contributed by atoms with Crippen molar-refractivity contribution in [3.63, 3.8) is 0 Å². The van der Waals surface area contributed by atoms with Gasteiger partial charge in [0.25, 0.3) is 0 Å². The highest BCUT2D eigenvalue weighted by Gasteiger charge is 2.26. The number of rotatable bonds is 8. The molecule has 3 aromatic rings. The largest absolute Gasteiger partial charge is 0.481 e. The SMILES string of the molecule is Cc1ccc2c(-c3ccccc3)cc(OCCCCC(C)(C)C(=O)O)nc2c1. The van der Waals surface area contributed by atoms with E-state index in [9.17, 15) is 9.90 Å². The molecular weight excluding hydrogens is 350 g/mol. The first-order valence-electron chi connectivity index (χ1n) is 9.70. The number of carboxylic acids is 1. The fourth-order valence-electron chi connectivity index (χ4n) is 3.20. The van der Waals surface area contributed by atoms with Gasteiger partial charge in [-0.15, -0.1) is 0 Å². The molecule has 0 bridgehead atoms. The van der Waals surface area contributed by atoms with Gasteiger partial charge in [-0.1, -0.05) is 42.5 Å². The Balaban J connectivity index is 1.76. The Kier molecular flexibility index (Phi) is 5.98. The van der Waals surface area contributed by atoms with Crippen molar-refractivity contribution < 1.29 is 14.6 Å². The third kappa shape index (κ3) is 4.69. The van der Waals surface area contributed by atoms with Crippen molar-refractivity contribution >= 4 is 16.9 Å². The van der Waals surface area contributed by atoms with E-state index in [0.29, 0.717) is 18.9 Å². The number of fused-ring (bicyclic) bond motifs is 1. The van der Waals surface area contributed by atoms with Gasteiger partial charge >= 0.3 is 5.97 Å². The van der Waals surface area contributed by atoms with E-state index in [1.807, 2.05) is 24.3 Å². The van der Waals surface area contributed by atoms with Gasteiger partial charge in [0.15, 0.2) is 0 Å². The summed E-state index contributed by atoms with van der Waals surface area (Å²) in [6.07, 6.45) is 2.23. The zero-order chi connectivity index (χ0) is 20.1. The molecule has 0 aliphatic heterocycles. The third-order valence-electron chi connectivity index (χ3n) is 5.05. The molecule has 0 radical (unpaired) electrons. The second kappa shape index (κ2) is 8.42. The predicted octanol–water partition coefficient (Wildman–Crippen LogP) is 5.87. The first kappa shape index (κ1) is 19.9. The Morgan fingerprint density at radius 1 is 1.07 bits per heavy atom. The van der Waals surface area contributed by atoms with Crippen LogP contribution in [0, 0.1) is 12.3 Å². The van der Waals surface area contributed by atoms with Crippen LogP contribution < -0.4 is 4.74 Å². The van der Waals surface area contributed by atoms with Crippen LogP contribution in [-0.2, 0) is 4.79 Å². The molecule has 0 fully saturated rings. The summed E-state index contributed by atoms with van der Waals surface area (Å²) in [5.74, 6) is -0.151. The number of benzene rings is 2. The molecule has 0 atom stereocenters. The second-order valence-corrected chi connectivity index (χ2v) is 7.89. The van der Waals surface area contributed by atoms with Crippen LogP contribution in [0.5, 0.6) is 5.88 Å². The highest BCUT2D eigenvalue weighted by molar-refractivity contribution is 5.95. The minimum absolute atomic E-state index is 0.522. The van der Waals surface area contributed by atoms with Gasteiger partial charge in [-0.25, -0.2) is 4.98 Å². The molecular formula is C24H27NO3. The number of nitrogens with zero attached hydrogens (tertiary/aromatic N) is 1. The number of pyridine rings is 1. The zero-order valence-corrected chi connectivity index (χ0v) is 16.7. The van der Waals surface area contributed by atoms with E-state index in [4.69, 9.17) is 4.74 Å². The number of ether oxygens (including phenoxy) is 1. The van der Waals surface area contributed by atoms with Crippen LogP contribution in [0.4, 0.5) is 0 Å². The first-order valence-corrected chi connectivity index (χ1v) is 9.70. The van der Waals surface area contributed by atoms with Gasteiger partial charge < -0.3 is 9.84 Å². The Morgan fingerprint density at radius 2 is 1.82 bits per heavy atom. The molecule has 0 aliphatic rings. The lowest BCUT2D eigenvalue weighted by Crippen LogP contribution is -2.23. The Bertz CT molecular complexity index is 964. The first-order chi connectivity index (χ1) is 13.4. The topological polar surface area (TPSA) is 59.4 Å². The molecule has 1 heterocycles. The van der Waals surface area contributed by atoms with Crippen molar-refractivity contribution in [1.82, 2.24) is 4.98 Å². The highest BCUT2D eigenvalue weighted by Crippen LogP contribution is 2.31. The number of carboxylic acid groups (broad SMARTS) is 1. The van der Waals surface area contributed by atoms with Gasteiger partial charge in [0.2, 0.25) is 5.88 Å². The number of hydrogen-bond donors (Lipinski definition) is 1. The Hall–Kier alpha value is -2.88. The highest BCUT2D eigenvalue weighted by atomic mass is 16.5. The van der Waals surface area contributed by atoms with Crippen molar-refractivity contribution in [2.24, 2.45) is 5.41 Å². The molecule has 0 aliphatic carbocycles. The standard InChI is InChI=1S/C24H27NO3/c1-17-11-12-19-20(18-9-5-4-6-10-18)16-22(25-21(19)15-17)28-14-8-7-13-24(2,3)23(26)27/h4-6,9-12,15-16H,7-8,13-14H2,1-3H3,(H,26,27). The summed E-state index contributed by atoms with van der Waals surface area (Å²) >= 11 is 0. The van der Waals surface area contributed by atoms with E-state index >= 15 is 0 Å². The fraction of sp³-hybridized carbons (Fsp3) is 0.333.